The summed E-state index contributed by atoms with van der Waals surface area (Å²) in [6.45, 7) is 12.0. The minimum Gasteiger partial charge on any atom is -0.383 e. The van der Waals surface area contributed by atoms with E-state index >= 15 is 0 Å². The van der Waals surface area contributed by atoms with Crippen LogP contribution in [0.1, 0.15) is 82.3 Å². The van der Waals surface area contributed by atoms with Crippen LogP contribution in [0.5, 0.6) is 0 Å². The first-order chi connectivity index (χ1) is 20.1. The van der Waals surface area contributed by atoms with E-state index in [-0.39, 0.29) is 17.0 Å². The van der Waals surface area contributed by atoms with Crippen molar-refractivity contribution in [1.82, 2.24) is 24.9 Å². The van der Waals surface area contributed by atoms with Gasteiger partial charge in [0.05, 0.1) is 40.1 Å². The Morgan fingerprint density at radius 1 is 1.14 bits per heavy atom. The van der Waals surface area contributed by atoms with Crippen molar-refractivity contribution in [3.8, 4) is 6.07 Å². The molecule has 1 saturated carbocycles. The SMILES string of the molecule is CC1(CNc2c(C#N)cnc3c(Cl)cc(N[C@@H](c4ccccc4)c4cn(C5CCN(C(C)(C)C)CC5)nn4)cc23)CC1. The Balaban J connectivity index is 1.31. The largest absolute Gasteiger partial charge is 0.383 e. The molecule has 2 aromatic carbocycles. The molecule has 2 aliphatic rings. The van der Waals surface area contributed by atoms with Crippen LogP contribution in [0.3, 0.4) is 0 Å². The van der Waals surface area contributed by atoms with Crippen molar-refractivity contribution in [1.29, 1.82) is 5.26 Å². The first-order valence-corrected chi connectivity index (χ1v) is 15.3. The van der Waals surface area contributed by atoms with Gasteiger partial charge in [-0.3, -0.25) is 9.88 Å². The highest BCUT2D eigenvalue weighted by molar-refractivity contribution is 6.35. The van der Waals surface area contributed by atoms with E-state index in [0.29, 0.717) is 22.1 Å². The van der Waals surface area contributed by atoms with E-state index in [1.165, 1.54) is 12.8 Å². The summed E-state index contributed by atoms with van der Waals surface area (Å²) in [4.78, 5) is 7.07. The van der Waals surface area contributed by atoms with Gasteiger partial charge >= 0.3 is 0 Å². The number of anilines is 2. The van der Waals surface area contributed by atoms with Crippen LogP contribution in [0.25, 0.3) is 10.9 Å². The molecule has 6 rings (SSSR count). The molecule has 9 heteroatoms. The van der Waals surface area contributed by atoms with Crippen LogP contribution in [0.15, 0.2) is 54.9 Å². The van der Waals surface area contributed by atoms with Gasteiger partial charge in [0.1, 0.15) is 11.8 Å². The van der Waals surface area contributed by atoms with Crippen LogP contribution >= 0.6 is 11.6 Å². The average Bonchev–Trinajstić information content (AvgIpc) is 3.52. The van der Waals surface area contributed by atoms with Crippen molar-refractivity contribution < 1.29 is 0 Å². The number of hydrogen-bond acceptors (Lipinski definition) is 7. The Hall–Kier alpha value is -3.67. The zero-order valence-electron chi connectivity index (χ0n) is 24.9. The maximum absolute atomic E-state index is 9.87. The van der Waals surface area contributed by atoms with Crippen molar-refractivity contribution in [2.45, 2.75) is 71.0 Å². The molecule has 0 unspecified atom stereocenters. The normalized spacial score (nSPS) is 18.0. The molecule has 2 fully saturated rings. The molecular weight excluding hydrogens is 544 g/mol. The molecule has 0 amide bonds. The molecule has 1 aliphatic heterocycles. The van der Waals surface area contributed by atoms with E-state index in [1.54, 1.807) is 6.20 Å². The van der Waals surface area contributed by atoms with Gasteiger partial charge in [-0.2, -0.15) is 5.26 Å². The number of hydrogen-bond donors (Lipinski definition) is 2. The van der Waals surface area contributed by atoms with E-state index < -0.39 is 0 Å². The van der Waals surface area contributed by atoms with E-state index in [1.807, 2.05) is 35.0 Å². The molecule has 1 saturated heterocycles. The fraction of sp³-hybridized carbons (Fsp3) is 0.455. The van der Waals surface area contributed by atoms with Gasteiger partial charge in [-0.05, 0) is 69.6 Å². The minimum atomic E-state index is -0.239. The molecule has 42 heavy (non-hydrogen) atoms. The maximum atomic E-state index is 9.87. The van der Waals surface area contributed by atoms with Gasteiger partial charge in [0.15, 0.2) is 0 Å². The average molecular weight is 583 g/mol. The van der Waals surface area contributed by atoms with Gasteiger partial charge in [0.25, 0.3) is 0 Å². The smallest absolute Gasteiger partial charge is 0.109 e. The molecule has 8 nitrogen and oxygen atoms in total. The highest BCUT2D eigenvalue weighted by atomic mass is 35.5. The third kappa shape index (κ3) is 5.95. The summed E-state index contributed by atoms with van der Waals surface area (Å²) >= 11 is 6.81. The second kappa shape index (κ2) is 11.2. The molecule has 1 atom stereocenters. The molecule has 0 radical (unpaired) electrons. The molecule has 3 heterocycles. The molecule has 4 aromatic rings. The third-order valence-corrected chi connectivity index (χ3v) is 9.18. The number of likely N-dealkylation sites (tertiary alicyclic amines) is 1. The van der Waals surface area contributed by atoms with Crippen molar-refractivity contribution in [3.05, 3.63) is 76.7 Å². The molecule has 2 N–H and O–H groups in total. The number of nitriles is 1. The molecule has 218 valence electrons. The molecule has 1 aliphatic carbocycles. The summed E-state index contributed by atoms with van der Waals surface area (Å²) in [6.07, 6.45) is 8.17. The lowest BCUT2D eigenvalue weighted by atomic mass is 9.98. The van der Waals surface area contributed by atoms with Crippen LogP contribution in [0.2, 0.25) is 5.02 Å². The summed E-state index contributed by atoms with van der Waals surface area (Å²) in [5.74, 6) is 0. The fourth-order valence-electron chi connectivity index (χ4n) is 5.85. The lowest BCUT2D eigenvalue weighted by molar-refractivity contribution is 0.0866. The molecule has 2 aromatic heterocycles. The number of aromatic nitrogens is 4. The monoisotopic (exact) mass is 582 g/mol. The van der Waals surface area contributed by atoms with Crippen LogP contribution in [0, 0.1) is 16.7 Å². The fourth-order valence-corrected chi connectivity index (χ4v) is 6.12. The van der Waals surface area contributed by atoms with Crippen molar-refractivity contribution in [2.24, 2.45) is 5.41 Å². The Bertz CT molecular complexity index is 1610. The highest BCUT2D eigenvalue weighted by Crippen LogP contribution is 2.45. The van der Waals surface area contributed by atoms with Crippen LogP contribution < -0.4 is 10.6 Å². The van der Waals surface area contributed by atoms with Crippen molar-refractivity contribution in [2.75, 3.05) is 30.3 Å². The predicted molar refractivity (Wildman–Crippen MR) is 169 cm³/mol. The second-order valence-electron chi connectivity index (χ2n) is 13.2. The number of rotatable bonds is 8. The summed E-state index contributed by atoms with van der Waals surface area (Å²) in [5.41, 5.74) is 5.17. The van der Waals surface area contributed by atoms with E-state index in [0.717, 1.165) is 60.5 Å². The molecule has 0 bridgehead atoms. The lowest BCUT2D eigenvalue weighted by Gasteiger charge is -2.40. The van der Waals surface area contributed by atoms with E-state index in [2.05, 4.69) is 82.9 Å². The lowest BCUT2D eigenvalue weighted by Crippen LogP contribution is -2.46. The van der Waals surface area contributed by atoms with Crippen molar-refractivity contribution >= 4 is 33.9 Å². The summed E-state index contributed by atoms with van der Waals surface area (Å²) < 4.78 is 2.05. The quantitative estimate of drug-likeness (QED) is 0.227. The molecular formula is C33H39ClN8. The standard InChI is InChI=1S/C33H39ClN8/c1-32(2,3)41-14-10-25(11-15-41)42-20-28(39-40-42)30(22-8-6-5-7-9-22)38-24-16-26-29(37-21-33(4)12-13-33)23(18-35)19-36-31(26)27(34)17-24/h5-9,16-17,19-20,25,30,38H,10-15,21H2,1-4H3,(H,36,37)/t30-/m0/s1. The number of nitrogens with one attached hydrogen (secondary N) is 2. The number of pyridine rings is 1. The van der Waals surface area contributed by atoms with Gasteiger partial charge in [0.2, 0.25) is 0 Å². The number of fused-ring (bicyclic) bond motifs is 1. The van der Waals surface area contributed by atoms with Gasteiger partial charge in [-0.15, -0.1) is 5.10 Å². The number of piperidine rings is 1. The minimum absolute atomic E-state index is 0.177. The highest BCUT2D eigenvalue weighted by Gasteiger charge is 2.37. The molecule has 0 spiro atoms. The first-order valence-electron chi connectivity index (χ1n) is 14.9. The Labute approximate surface area is 253 Å². The Morgan fingerprint density at radius 3 is 2.55 bits per heavy atom. The predicted octanol–water partition coefficient (Wildman–Crippen LogP) is 7.20. The van der Waals surface area contributed by atoms with Crippen molar-refractivity contribution in [3.63, 3.8) is 0 Å². The Morgan fingerprint density at radius 2 is 1.88 bits per heavy atom. The van der Waals surface area contributed by atoms with Gasteiger partial charge < -0.3 is 10.6 Å². The zero-order chi connectivity index (χ0) is 29.5. The summed E-state index contributed by atoms with van der Waals surface area (Å²) in [6, 6.07) is 16.6. The van der Waals surface area contributed by atoms with E-state index in [4.69, 9.17) is 11.6 Å². The Kier molecular flexibility index (Phi) is 7.59. The van der Waals surface area contributed by atoms with Gasteiger partial charge in [-0.1, -0.05) is 54.1 Å². The van der Waals surface area contributed by atoms with Crippen LogP contribution in [0.4, 0.5) is 11.4 Å². The number of nitrogens with zero attached hydrogens (tertiary/aromatic N) is 6. The third-order valence-electron chi connectivity index (χ3n) is 8.90. The van der Waals surface area contributed by atoms with Crippen LogP contribution in [-0.4, -0.2) is 50.1 Å². The number of benzene rings is 2. The summed E-state index contributed by atoms with van der Waals surface area (Å²) in [5, 5.41) is 27.7. The zero-order valence-corrected chi connectivity index (χ0v) is 25.6. The second-order valence-corrected chi connectivity index (χ2v) is 13.6. The van der Waals surface area contributed by atoms with Crippen LogP contribution in [-0.2, 0) is 0 Å². The maximum Gasteiger partial charge on any atom is 0.109 e. The summed E-state index contributed by atoms with van der Waals surface area (Å²) in [7, 11) is 0. The van der Waals surface area contributed by atoms with Gasteiger partial charge in [0, 0.05) is 42.4 Å². The topological polar surface area (TPSA) is 94.7 Å². The number of halogens is 1. The van der Waals surface area contributed by atoms with E-state index in [9.17, 15) is 5.26 Å². The van der Waals surface area contributed by atoms with Gasteiger partial charge in [-0.25, -0.2) is 4.68 Å². The first kappa shape index (κ1) is 28.4.